The molecular weight excluding hydrogens is 256 g/mol. The van der Waals surface area contributed by atoms with E-state index in [9.17, 15) is 0 Å². The molecule has 2 heteroatoms. The van der Waals surface area contributed by atoms with E-state index in [1.54, 1.807) is 0 Å². The summed E-state index contributed by atoms with van der Waals surface area (Å²) in [5.74, 6) is 0. The summed E-state index contributed by atoms with van der Waals surface area (Å²) in [4.78, 5) is 5.40. The molecule has 2 aliphatic rings. The number of nitrogens with zero attached hydrogens (tertiary/aromatic N) is 2. The van der Waals surface area contributed by atoms with E-state index in [0.29, 0.717) is 0 Å². The van der Waals surface area contributed by atoms with Crippen LogP contribution in [0.3, 0.4) is 0 Å². The summed E-state index contributed by atoms with van der Waals surface area (Å²) in [6.45, 7) is 6.16. The van der Waals surface area contributed by atoms with Crippen molar-refractivity contribution in [1.82, 2.24) is 9.80 Å². The van der Waals surface area contributed by atoms with Gasteiger partial charge in [0.15, 0.2) is 0 Å². The number of hydrogen-bond donors (Lipinski definition) is 0. The van der Waals surface area contributed by atoms with Gasteiger partial charge in [-0.15, -0.1) is 0 Å². The minimum Gasteiger partial charge on any atom is -0.298 e. The molecule has 1 aromatic carbocycles. The third-order valence-corrected chi connectivity index (χ3v) is 5.25. The average Bonchev–Trinajstić information content (AvgIpc) is 2.49. The van der Waals surface area contributed by atoms with Crippen molar-refractivity contribution in [1.29, 1.82) is 0 Å². The number of hydrogen-bond acceptors (Lipinski definition) is 2. The van der Waals surface area contributed by atoms with Crippen molar-refractivity contribution in [2.45, 2.75) is 57.5 Å². The second kappa shape index (κ2) is 7.95. The lowest BCUT2D eigenvalue weighted by molar-refractivity contribution is 0.0800. The van der Waals surface area contributed by atoms with Gasteiger partial charge in [0.1, 0.15) is 0 Å². The van der Waals surface area contributed by atoms with Gasteiger partial charge in [0, 0.05) is 38.8 Å². The Kier molecular flexibility index (Phi) is 5.70. The summed E-state index contributed by atoms with van der Waals surface area (Å²) in [5.41, 5.74) is 1.46. The van der Waals surface area contributed by atoms with Crippen molar-refractivity contribution in [3.8, 4) is 0 Å². The smallest absolute Gasteiger partial charge is 0.0234 e. The number of rotatable bonds is 3. The second-order valence-corrected chi connectivity index (χ2v) is 6.80. The van der Waals surface area contributed by atoms with Crippen molar-refractivity contribution in [3.05, 3.63) is 35.9 Å². The van der Waals surface area contributed by atoms with Gasteiger partial charge in [-0.3, -0.25) is 9.80 Å². The first-order valence-corrected chi connectivity index (χ1v) is 8.92. The van der Waals surface area contributed by atoms with Crippen LogP contribution in [0.2, 0.25) is 0 Å². The molecule has 1 saturated heterocycles. The molecule has 116 valence electrons. The predicted molar refractivity (Wildman–Crippen MR) is 89.4 cm³/mol. The summed E-state index contributed by atoms with van der Waals surface area (Å²) >= 11 is 0. The third kappa shape index (κ3) is 4.55. The lowest BCUT2D eigenvalue weighted by Crippen LogP contribution is -2.50. The molecule has 2 nitrogen and oxygen atoms in total. The highest BCUT2D eigenvalue weighted by Crippen LogP contribution is 2.22. The molecule has 1 heterocycles. The SMILES string of the molecule is c1ccc(CN2CCN(C3CCCCCCC3)CC2)cc1. The maximum Gasteiger partial charge on any atom is 0.0234 e. The lowest BCUT2D eigenvalue weighted by Gasteiger charge is -2.40. The normalized spacial score (nSPS) is 23.6. The van der Waals surface area contributed by atoms with Crippen molar-refractivity contribution in [2.24, 2.45) is 0 Å². The van der Waals surface area contributed by atoms with Crippen LogP contribution < -0.4 is 0 Å². The summed E-state index contributed by atoms with van der Waals surface area (Å²) < 4.78 is 0. The average molecular weight is 286 g/mol. The maximum atomic E-state index is 2.78. The Hall–Kier alpha value is -0.860. The molecule has 0 spiro atoms. The lowest BCUT2D eigenvalue weighted by atomic mass is 9.95. The molecule has 1 saturated carbocycles. The highest BCUT2D eigenvalue weighted by atomic mass is 15.3. The van der Waals surface area contributed by atoms with Crippen molar-refractivity contribution >= 4 is 0 Å². The summed E-state index contributed by atoms with van der Waals surface area (Å²) in [7, 11) is 0. The van der Waals surface area contributed by atoms with Gasteiger partial charge in [-0.2, -0.15) is 0 Å². The van der Waals surface area contributed by atoms with Gasteiger partial charge in [0.05, 0.1) is 0 Å². The monoisotopic (exact) mass is 286 g/mol. The van der Waals surface area contributed by atoms with Crippen LogP contribution in [0.4, 0.5) is 0 Å². The minimum absolute atomic E-state index is 0.879. The molecule has 21 heavy (non-hydrogen) atoms. The van der Waals surface area contributed by atoms with Crippen LogP contribution in [0.1, 0.15) is 50.5 Å². The van der Waals surface area contributed by atoms with E-state index in [0.717, 1.165) is 12.6 Å². The van der Waals surface area contributed by atoms with Gasteiger partial charge in [-0.25, -0.2) is 0 Å². The molecule has 0 unspecified atom stereocenters. The first kappa shape index (κ1) is 15.1. The molecule has 0 N–H and O–H groups in total. The van der Waals surface area contributed by atoms with Crippen LogP contribution in [-0.2, 0) is 6.54 Å². The summed E-state index contributed by atoms with van der Waals surface area (Å²) in [6, 6.07) is 11.8. The molecule has 0 amide bonds. The molecule has 3 rings (SSSR count). The van der Waals surface area contributed by atoms with E-state index in [2.05, 4.69) is 40.1 Å². The Morgan fingerprint density at radius 2 is 1.38 bits per heavy atom. The van der Waals surface area contributed by atoms with E-state index in [1.807, 2.05) is 0 Å². The minimum atomic E-state index is 0.879. The molecule has 0 radical (unpaired) electrons. The van der Waals surface area contributed by atoms with E-state index in [-0.39, 0.29) is 0 Å². The van der Waals surface area contributed by atoms with Gasteiger partial charge in [-0.1, -0.05) is 62.4 Å². The predicted octanol–water partition coefficient (Wildman–Crippen LogP) is 3.92. The first-order chi connectivity index (χ1) is 10.4. The van der Waals surface area contributed by atoms with Crippen LogP contribution >= 0.6 is 0 Å². The first-order valence-electron chi connectivity index (χ1n) is 8.92. The van der Waals surface area contributed by atoms with Gasteiger partial charge >= 0.3 is 0 Å². The molecule has 0 bridgehead atoms. The van der Waals surface area contributed by atoms with Crippen LogP contribution in [0.25, 0.3) is 0 Å². The second-order valence-electron chi connectivity index (χ2n) is 6.80. The number of benzene rings is 1. The van der Waals surface area contributed by atoms with E-state index >= 15 is 0 Å². The quantitative estimate of drug-likeness (QED) is 0.831. The van der Waals surface area contributed by atoms with E-state index in [4.69, 9.17) is 0 Å². The van der Waals surface area contributed by atoms with Crippen LogP contribution in [0.15, 0.2) is 30.3 Å². The summed E-state index contributed by atoms with van der Waals surface area (Å²) in [5, 5.41) is 0. The fraction of sp³-hybridized carbons (Fsp3) is 0.684. The zero-order chi connectivity index (χ0) is 14.3. The Morgan fingerprint density at radius 1 is 0.762 bits per heavy atom. The molecule has 2 fully saturated rings. The van der Waals surface area contributed by atoms with Gasteiger partial charge in [0.2, 0.25) is 0 Å². The molecule has 1 aliphatic heterocycles. The molecular formula is C19H30N2. The van der Waals surface area contributed by atoms with Crippen LogP contribution in [0.5, 0.6) is 0 Å². The zero-order valence-corrected chi connectivity index (χ0v) is 13.3. The molecule has 0 atom stereocenters. The van der Waals surface area contributed by atoms with Crippen molar-refractivity contribution in [2.75, 3.05) is 26.2 Å². The highest BCUT2D eigenvalue weighted by molar-refractivity contribution is 5.14. The molecule has 0 aromatic heterocycles. The van der Waals surface area contributed by atoms with Gasteiger partial charge in [-0.05, 0) is 18.4 Å². The maximum absolute atomic E-state index is 2.78. The standard InChI is InChI=1S/C19H30N2/c1-2-7-11-19(12-8-3-1)21-15-13-20(14-16-21)17-18-9-5-4-6-10-18/h4-6,9-10,19H,1-3,7-8,11-17H2. The third-order valence-electron chi connectivity index (χ3n) is 5.25. The topological polar surface area (TPSA) is 6.48 Å². The number of piperazine rings is 1. The van der Waals surface area contributed by atoms with Crippen molar-refractivity contribution in [3.63, 3.8) is 0 Å². The Bertz CT molecular complexity index is 387. The molecule has 1 aliphatic carbocycles. The Balaban J connectivity index is 1.45. The molecule has 1 aromatic rings. The van der Waals surface area contributed by atoms with Gasteiger partial charge < -0.3 is 0 Å². The Labute approximate surface area is 130 Å². The zero-order valence-electron chi connectivity index (χ0n) is 13.3. The van der Waals surface area contributed by atoms with E-state index < -0.39 is 0 Å². The van der Waals surface area contributed by atoms with Crippen molar-refractivity contribution < 1.29 is 0 Å². The summed E-state index contributed by atoms with van der Waals surface area (Å²) in [6.07, 6.45) is 10.2. The van der Waals surface area contributed by atoms with E-state index in [1.165, 1.54) is 76.7 Å². The van der Waals surface area contributed by atoms with Crippen LogP contribution in [0, 0.1) is 0 Å². The highest BCUT2D eigenvalue weighted by Gasteiger charge is 2.23. The fourth-order valence-corrected chi connectivity index (χ4v) is 3.93. The fourth-order valence-electron chi connectivity index (χ4n) is 3.93. The van der Waals surface area contributed by atoms with Crippen LogP contribution in [-0.4, -0.2) is 42.0 Å². The van der Waals surface area contributed by atoms with Gasteiger partial charge in [0.25, 0.3) is 0 Å². The Morgan fingerprint density at radius 3 is 2.05 bits per heavy atom. The largest absolute Gasteiger partial charge is 0.298 e.